The van der Waals surface area contributed by atoms with Crippen LogP contribution in [0.25, 0.3) is 11.3 Å². The summed E-state index contributed by atoms with van der Waals surface area (Å²) in [5, 5.41) is 3.86. The number of hydrogen-bond acceptors (Lipinski definition) is 3. The molecule has 4 heteroatoms. The number of nitrogens with two attached hydrogens (primary N) is 1. The fourth-order valence-electron chi connectivity index (χ4n) is 1.33. The van der Waals surface area contributed by atoms with Crippen molar-refractivity contribution in [2.24, 2.45) is 5.73 Å². The molecule has 0 fully saturated rings. The van der Waals surface area contributed by atoms with Gasteiger partial charge in [0.1, 0.15) is 5.82 Å². The van der Waals surface area contributed by atoms with Crippen LogP contribution in [0.1, 0.15) is 5.69 Å². The summed E-state index contributed by atoms with van der Waals surface area (Å²) in [6, 6.07) is 7.91. The van der Waals surface area contributed by atoms with Crippen molar-refractivity contribution < 1.29 is 8.91 Å². The second kappa shape index (κ2) is 4.23. The van der Waals surface area contributed by atoms with Crippen LogP contribution < -0.4 is 5.73 Å². The van der Waals surface area contributed by atoms with E-state index in [1.165, 1.54) is 12.1 Å². The van der Waals surface area contributed by atoms with Crippen molar-refractivity contribution >= 4 is 0 Å². The Morgan fingerprint density at radius 2 is 2.00 bits per heavy atom. The molecule has 0 aliphatic carbocycles. The second-order valence-corrected chi connectivity index (χ2v) is 3.23. The molecule has 0 radical (unpaired) electrons. The van der Waals surface area contributed by atoms with E-state index in [0.29, 0.717) is 18.7 Å². The first kappa shape index (κ1) is 9.86. The van der Waals surface area contributed by atoms with Gasteiger partial charge in [-0.25, -0.2) is 4.39 Å². The van der Waals surface area contributed by atoms with Gasteiger partial charge in [0, 0.05) is 18.1 Å². The van der Waals surface area contributed by atoms with Crippen molar-refractivity contribution in [1.82, 2.24) is 5.16 Å². The highest BCUT2D eigenvalue weighted by Gasteiger charge is 2.05. The number of rotatable bonds is 3. The molecule has 0 spiro atoms. The van der Waals surface area contributed by atoms with E-state index in [9.17, 15) is 4.39 Å². The molecule has 0 amide bonds. The molecule has 2 rings (SSSR count). The molecule has 0 aliphatic rings. The molecule has 78 valence electrons. The molecule has 0 saturated heterocycles. The summed E-state index contributed by atoms with van der Waals surface area (Å²) in [6.07, 6.45) is 0.685. The third-order valence-corrected chi connectivity index (χ3v) is 2.09. The van der Waals surface area contributed by atoms with Crippen LogP contribution in [-0.4, -0.2) is 11.7 Å². The van der Waals surface area contributed by atoms with Gasteiger partial charge in [-0.05, 0) is 30.8 Å². The van der Waals surface area contributed by atoms with Gasteiger partial charge in [-0.1, -0.05) is 5.16 Å². The fourth-order valence-corrected chi connectivity index (χ4v) is 1.33. The Kier molecular flexibility index (Phi) is 2.78. The zero-order valence-electron chi connectivity index (χ0n) is 8.11. The molecule has 1 aromatic carbocycles. The Morgan fingerprint density at radius 1 is 1.27 bits per heavy atom. The maximum absolute atomic E-state index is 12.7. The Hall–Kier alpha value is -1.68. The third-order valence-electron chi connectivity index (χ3n) is 2.09. The topological polar surface area (TPSA) is 52.0 Å². The highest BCUT2D eigenvalue weighted by Crippen LogP contribution is 2.20. The highest BCUT2D eigenvalue weighted by atomic mass is 19.1. The predicted octanol–water partition coefficient (Wildman–Crippen LogP) is 1.98. The molecule has 2 N–H and O–H groups in total. The number of benzene rings is 1. The largest absolute Gasteiger partial charge is 0.356 e. The molecule has 0 unspecified atom stereocenters. The minimum atomic E-state index is -0.263. The van der Waals surface area contributed by atoms with E-state index in [1.54, 1.807) is 12.1 Å². The lowest BCUT2D eigenvalue weighted by Gasteiger charge is -1.93. The lowest BCUT2D eigenvalue weighted by Crippen LogP contribution is -2.02. The maximum atomic E-state index is 12.7. The average molecular weight is 206 g/mol. The summed E-state index contributed by atoms with van der Waals surface area (Å²) in [5.74, 6) is 0.374. The van der Waals surface area contributed by atoms with E-state index in [-0.39, 0.29) is 5.82 Å². The summed E-state index contributed by atoms with van der Waals surface area (Å²) < 4.78 is 17.8. The third kappa shape index (κ3) is 2.22. The van der Waals surface area contributed by atoms with Crippen LogP contribution in [-0.2, 0) is 6.42 Å². The zero-order valence-corrected chi connectivity index (χ0v) is 8.11. The van der Waals surface area contributed by atoms with E-state index in [0.717, 1.165) is 11.3 Å². The summed E-state index contributed by atoms with van der Waals surface area (Å²) in [5.41, 5.74) is 7.03. The molecule has 0 bridgehead atoms. The summed E-state index contributed by atoms with van der Waals surface area (Å²) >= 11 is 0. The molecule has 1 heterocycles. The van der Waals surface area contributed by atoms with Crippen LogP contribution in [0.5, 0.6) is 0 Å². The number of halogens is 1. The van der Waals surface area contributed by atoms with E-state index in [1.807, 2.05) is 6.07 Å². The van der Waals surface area contributed by atoms with E-state index < -0.39 is 0 Å². The molecule has 0 saturated carbocycles. The molecular formula is C11H11FN2O. The van der Waals surface area contributed by atoms with Crippen molar-refractivity contribution in [1.29, 1.82) is 0 Å². The van der Waals surface area contributed by atoms with Gasteiger partial charge in [-0.2, -0.15) is 0 Å². The first-order chi connectivity index (χ1) is 7.29. The number of hydrogen-bond donors (Lipinski definition) is 1. The fraction of sp³-hybridized carbons (Fsp3) is 0.182. The minimum Gasteiger partial charge on any atom is -0.356 e. The van der Waals surface area contributed by atoms with Gasteiger partial charge in [0.25, 0.3) is 0 Å². The lowest BCUT2D eigenvalue weighted by atomic mass is 10.1. The van der Waals surface area contributed by atoms with E-state index in [4.69, 9.17) is 10.3 Å². The molecular weight excluding hydrogens is 195 g/mol. The van der Waals surface area contributed by atoms with Gasteiger partial charge < -0.3 is 10.3 Å². The maximum Gasteiger partial charge on any atom is 0.167 e. The first-order valence-electron chi connectivity index (χ1n) is 4.71. The first-order valence-corrected chi connectivity index (χ1v) is 4.71. The van der Waals surface area contributed by atoms with E-state index >= 15 is 0 Å². The van der Waals surface area contributed by atoms with Crippen molar-refractivity contribution in [2.45, 2.75) is 6.42 Å². The van der Waals surface area contributed by atoms with Gasteiger partial charge in [-0.15, -0.1) is 0 Å². The van der Waals surface area contributed by atoms with Crippen LogP contribution in [0.15, 0.2) is 34.9 Å². The molecule has 0 atom stereocenters. The zero-order chi connectivity index (χ0) is 10.7. The van der Waals surface area contributed by atoms with Gasteiger partial charge in [-0.3, -0.25) is 0 Å². The van der Waals surface area contributed by atoms with Crippen molar-refractivity contribution in [3.8, 4) is 11.3 Å². The summed E-state index contributed by atoms with van der Waals surface area (Å²) in [6.45, 7) is 0.537. The van der Waals surface area contributed by atoms with Gasteiger partial charge in [0.05, 0.1) is 5.69 Å². The van der Waals surface area contributed by atoms with Crippen LogP contribution >= 0.6 is 0 Å². The van der Waals surface area contributed by atoms with Gasteiger partial charge >= 0.3 is 0 Å². The Morgan fingerprint density at radius 3 is 2.67 bits per heavy atom. The minimum absolute atomic E-state index is 0.263. The van der Waals surface area contributed by atoms with Gasteiger partial charge in [0.2, 0.25) is 0 Å². The standard InChI is InChI=1S/C11H11FN2O/c12-9-3-1-8(2-4-9)11-7-10(5-6-13)14-15-11/h1-4,7H,5-6,13H2. The molecule has 3 nitrogen and oxygen atoms in total. The lowest BCUT2D eigenvalue weighted by molar-refractivity contribution is 0.423. The quantitative estimate of drug-likeness (QED) is 0.835. The molecule has 0 aliphatic heterocycles. The van der Waals surface area contributed by atoms with Crippen LogP contribution in [0, 0.1) is 5.82 Å². The Bertz CT molecular complexity index is 436. The van der Waals surface area contributed by atoms with Crippen molar-refractivity contribution in [3.05, 3.63) is 41.8 Å². The second-order valence-electron chi connectivity index (χ2n) is 3.23. The predicted molar refractivity (Wildman–Crippen MR) is 54.7 cm³/mol. The van der Waals surface area contributed by atoms with Crippen molar-refractivity contribution in [2.75, 3.05) is 6.54 Å². The normalized spacial score (nSPS) is 10.5. The molecule has 15 heavy (non-hydrogen) atoms. The molecule has 1 aromatic heterocycles. The SMILES string of the molecule is NCCc1cc(-c2ccc(F)cc2)on1. The number of nitrogens with zero attached hydrogens (tertiary/aromatic N) is 1. The Balaban J connectivity index is 2.25. The van der Waals surface area contributed by atoms with Crippen LogP contribution in [0.2, 0.25) is 0 Å². The number of aromatic nitrogens is 1. The van der Waals surface area contributed by atoms with Crippen LogP contribution in [0.4, 0.5) is 4.39 Å². The molecule has 2 aromatic rings. The summed E-state index contributed by atoms with van der Waals surface area (Å²) in [4.78, 5) is 0. The van der Waals surface area contributed by atoms with Gasteiger partial charge in [0.15, 0.2) is 5.76 Å². The monoisotopic (exact) mass is 206 g/mol. The smallest absolute Gasteiger partial charge is 0.167 e. The Labute approximate surface area is 86.7 Å². The summed E-state index contributed by atoms with van der Waals surface area (Å²) in [7, 11) is 0. The van der Waals surface area contributed by atoms with Crippen LogP contribution in [0.3, 0.4) is 0 Å². The average Bonchev–Trinajstić information content (AvgIpc) is 2.68. The highest BCUT2D eigenvalue weighted by molar-refractivity contribution is 5.57. The van der Waals surface area contributed by atoms with E-state index in [2.05, 4.69) is 5.16 Å². The van der Waals surface area contributed by atoms with Crippen molar-refractivity contribution in [3.63, 3.8) is 0 Å².